The molecule has 1 heterocycles. The Balaban J connectivity index is 2.46. The van der Waals surface area contributed by atoms with Crippen LogP contribution in [0.15, 0.2) is 0 Å². The van der Waals surface area contributed by atoms with Crippen molar-refractivity contribution in [1.29, 1.82) is 0 Å². The van der Waals surface area contributed by atoms with E-state index in [0.29, 0.717) is 18.8 Å². The molecule has 0 aromatic heterocycles. The highest BCUT2D eigenvalue weighted by atomic mass is 32.2. The summed E-state index contributed by atoms with van der Waals surface area (Å²) < 4.78 is 0. The fraction of sp³-hybridized carbons (Fsp3) is 0.700. The molecule has 0 saturated carbocycles. The minimum atomic E-state index is -0.937. The average molecular weight is 275 g/mol. The van der Waals surface area contributed by atoms with Crippen molar-refractivity contribution in [3.8, 4) is 0 Å². The van der Waals surface area contributed by atoms with Crippen molar-refractivity contribution in [3.63, 3.8) is 0 Å². The first-order valence-corrected chi connectivity index (χ1v) is 6.82. The van der Waals surface area contributed by atoms with Crippen LogP contribution in [0, 0.1) is 0 Å². The lowest BCUT2D eigenvalue weighted by molar-refractivity contribution is -0.142. The summed E-state index contributed by atoms with van der Waals surface area (Å²) in [6, 6.07) is -1.22. The Kier molecular flexibility index (Phi) is 5.93. The zero-order valence-corrected chi connectivity index (χ0v) is 11.0. The smallest absolute Gasteiger partial charge is 0.321 e. The van der Waals surface area contributed by atoms with Gasteiger partial charge >= 0.3 is 12.0 Å². The van der Waals surface area contributed by atoms with Gasteiger partial charge < -0.3 is 10.4 Å². The van der Waals surface area contributed by atoms with Gasteiger partial charge in [0.05, 0.1) is 6.54 Å². The summed E-state index contributed by atoms with van der Waals surface area (Å²) in [6.45, 7) is 2.63. The molecule has 1 atom stereocenters. The molecular weight excluding hydrogens is 258 g/mol. The standard InChI is InChI=1S/C10H17N3O4S/c1-2-11-10(17)12-8(14)5-13-3-4-18-6-7(13)9(15)16/h7H,2-6H2,1H3,(H,15,16)(H2,11,12,14,17). The van der Waals surface area contributed by atoms with Crippen molar-refractivity contribution in [3.05, 3.63) is 0 Å². The monoisotopic (exact) mass is 275 g/mol. The third-order valence-electron chi connectivity index (χ3n) is 2.46. The van der Waals surface area contributed by atoms with Crippen LogP contribution in [0.5, 0.6) is 0 Å². The van der Waals surface area contributed by atoms with Crippen LogP contribution in [-0.2, 0) is 9.59 Å². The molecule has 3 N–H and O–H groups in total. The summed E-state index contributed by atoms with van der Waals surface area (Å²) in [7, 11) is 0. The van der Waals surface area contributed by atoms with Crippen molar-refractivity contribution in [1.82, 2.24) is 15.5 Å². The fourth-order valence-electron chi connectivity index (χ4n) is 1.61. The number of amides is 3. The number of rotatable bonds is 4. The number of hydrogen-bond donors (Lipinski definition) is 3. The lowest BCUT2D eigenvalue weighted by atomic mass is 10.2. The second kappa shape index (κ2) is 7.22. The molecular formula is C10H17N3O4S. The third kappa shape index (κ3) is 4.53. The largest absolute Gasteiger partial charge is 0.480 e. The average Bonchev–Trinajstić information content (AvgIpc) is 2.29. The number of nitrogens with one attached hydrogen (secondary N) is 2. The van der Waals surface area contributed by atoms with E-state index >= 15 is 0 Å². The summed E-state index contributed by atoms with van der Waals surface area (Å²) in [5.74, 6) is -0.172. The molecule has 1 rings (SSSR count). The lowest BCUT2D eigenvalue weighted by Crippen LogP contribution is -2.52. The number of carbonyl (C=O) groups is 3. The maximum atomic E-state index is 11.6. The minimum absolute atomic E-state index is 0.0747. The zero-order valence-electron chi connectivity index (χ0n) is 10.1. The van der Waals surface area contributed by atoms with Gasteiger partial charge in [0.2, 0.25) is 5.91 Å². The number of nitrogens with zero attached hydrogens (tertiary/aromatic N) is 1. The molecule has 1 unspecified atom stereocenters. The van der Waals surface area contributed by atoms with E-state index in [1.165, 1.54) is 0 Å². The van der Waals surface area contributed by atoms with E-state index in [2.05, 4.69) is 10.6 Å². The van der Waals surface area contributed by atoms with E-state index < -0.39 is 23.9 Å². The van der Waals surface area contributed by atoms with Crippen LogP contribution in [0.1, 0.15) is 6.92 Å². The number of hydrogen-bond acceptors (Lipinski definition) is 5. The lowest BCUT2D eigenvalue weighted by Gasteiger charge is -2.31. The number of thioether (sulfide) groups is 1. The maximum Gasteiger partial charge on any atom is 0.321 e. The number of carbonyl (C=O) groups excluding carboxylic acids is 2. The molecule has 7 nitrogen and oxygen atoms in total. The van der Waals surface area contributed by atoms with E-state index in [1.807, 2.05) is 0 Å². The molecule has 1 fully saturated rings. The number of carboxylic acid groups (broad SMARTS) is 1. The normalized spacial score (nSPS) is 20.2. The van der Waals surface area contributed by atoms with Crippen LogP contribution < -0.4 is 10.6 Å². The van der Waals surface area contributed by atoms with Gasteiger partial charge in [0.1, 0.15) is 6.04 Å². The predicted octanol–water partition coefficient (Wildman–Crippen LogP) is -0.666. The number of carboxylic acids is 1. The van der Waals surface area contributed by atoms with E-state index in [-0.39, 0.29) is 6.54 Å². The van der Waals surface area contributed by atoms with Gasteiger partial charge in [0.15, 0.2) is 0 Å². The first kappa shape index (κ1) is 14.8. The molecule has 0 aromatic rings. The van der Waals surface area contributed by atoms with Crippen molar-refractivity contribution in [2.75, 3.05) is 31.1 Å². The minimum Gasteiger partial charge on any atom is -0.480 e. The molecule has 0 spiro atoms. The van der Waals surface area contributed by atoms with Gasteiger partial charge in [-0.3, -0.25) is 19.8 Å². The first-order valence-electron chi connectivity index (χ1n) is 5.67. The molecule has 3 amide bonds. The van der Waals surface area contributed by atoms with Crippen LogP contribution in [-0.4, -0.2) is 65.1 Å². The molecule has 1 aliphatic rings. The maximum absolute atomic E-state index is 11.6. The van der Waals surface area contributed by atoms with E-state index in [1.54, 1.807) is 23.6 Å². The molecule has 0 radical (unpaired) electrons. The molecule has 102 valence electrons. The second-order valence-corrected chi connectivity index (χ2v) is 4.96. The third-order valence-corrected chi connectivity index (χ3v) is 3.48. The van der Waals surface area contributed by atoms with Gasteiger partial charge in [0, 0.05) is 24.6 Å². The van der Waals surface area contributed by atoms with E-state index in [9.17, 15) is 14.4 Å². The molecule has 8 heteroatoms. The zero-order chi connectivity index (χ0) is 13.5. The summed E-state index contributed by atoms with van der Waals surface area (Å²) in [6.07, 6.45) is 0. The Bertz CT molecular complexity index is 337. The molecule has 1 aliphatic heterocycles. The Morgan fingerprint density at radius 2 is 2.17 bits per heavy atom. The van der Waals surface area contributed by atoms with Gasteiger partial charge in [-0.05, 0) is 6.92 Å². The van der Waals surface area contributed by atoms with E-state index in [0.717, 1.165) is 5.75 Å². The summed E-state index contributed by atoms with van der Waals surface area (Å²) in [4.78, 5) is 35.3. The van der Waals surface area contributed by atoms with Gasteiger partial charge in [-0.15, -0.1) is 0 Å². The van der Waals surface area contributed by atoms with Crippen molar-refractivity contribution in [2.45, 2.75) is 13.0 Å². The summed E-state index contributed by atoms with van der Waals surface area (Å²) in [5, 5.41) is 13.6. The number of urea groups is 1. The topological polar surface area (TPSA) is 98.7 Å². The molecule has 1 saturated heterocycles. The van der Waals surface area contributed by atoms with Crippen LogP contribution in [0.3, 0.4) is 0 Å². The summed E-state index contributed by atoms with van der Waals surface area (Å²) in [5.41, 5.74) is 0. The number of imide groups is 1. The van der Waals surface area contributed by atoms with Crippen LogP contribution in [0.2, 0.25) is 0 Å². The van der Waals surface area contributed by atoms with Crippen LogP contribution in [0.4, 0.5) is 4.79 Å². The Hall–Kier alpha value is -1.28. The van der Waals surface area contributed by atoms with Crippen molar-refractivity contribution < 1.29 is 19.5 Å². The van der Waals surface area contributed by atoms with Gasteiger partial charge in [0.25, 0.3) is 0 Å². The van der Waals surface area contributed by atoms with Crippen LogP contribution >= 0.6 is 11.8 Å². The summed E-state index contributed by atoms with van der Waals surface area (Å²) >= 11 is 1.55. The highest BCUT2D eigenvalue weighted by Crippen LogP contribution is 2.16. The van der Waals surface area contributed by atoms with Gasteiger partial charge in [-0.2, -0.15) is 11.8 Å². The second-order valence-electron chi connectivity index (χ2n) is 3.81. The van der Waals surface area contributed by atoms with Gasteiger partial charge in [-0.25, -0.2) is 4.79 Å². The number of aliphatic carboxylic acids is 1. The predicted molar refractivity (Wildman–Crippen MR) is 67.5 cm³/mol. The molecule has 0 aliphatic carbocycles. The molecule has 0 bridgehead atoms. The van der Waals surface area contributed by atoms with Crippen molar-refractivity contribution in [2.24, 2.45) is 0 Å². The Morgan fingerprint density at radius 3 is 2.78 bits per heavy atom. The molecule has 18 heavy (non-hydrogen) atoms. The van der Waals surface area contributed by atoms with Crippen molar-refractivity contribution >= 4 is 29.7 Å². The molecule has 0 aromatic carbocycles. The highest BCUT2D eigenvalue weighted by Gasteiger charge is 2.30. The Labute approximate surface area is 109 Å². The SMILES string of the molecule is CCNC(=O)NC(=O)CN1CCSCC1C(=O)O. The fourth-order valence-corrected chi connectivity index (χ4v) is 2.72. The van der Waals surface area contributed by atoms with Gasteiger partial charge in [-0.1, -0.05) is 0 Å². The quantitative estimate of drug-likeness (QED) is 0.629. The van der Waals surface area contributed by atoms with E-state index in [4.69, 9.17) is 5.11 Å². The van der Waals surface area contributed by atoms with Crippen LogP contribution in [0.25, 0.3) is 0 Å². The highest BCUT2D eigenvalue weighted by molar-refractivity contribution is 7.99. The first-order chi connectivity index (χ1) is 8.54. The Morgan fingerprint density at radius 1 is 1.44 bits per heavy atom.